The molecular weight excluding hydrogens is 478 g/mol. The van der Waals surface area contributed by atoms with Crippen LogP contribution in [0.3, 0.4) is 0 Å². The maximum absolute atomic E-state index is 13.8. The van der Waals surface area contributed by atoms with Crippen LogP contribution in [0.25, 0.3) is 0 Å². The van der Waals surface area contributed by atoms with Crippen molar-refractivity contribution in [3.63, 3.8) is 0 Å². The van der Waals surface area contributed by atoms with Crippen molar-refractivity contribution < 1.29 is 19.1 Å². The molecule has 2 N–H and O–H groups in total. The molecule has 7 heteroatoms. The van der Waals surface area contributed by atoms with Crippen LogP contribution < -0.4 is 10.6 Å². The smallest absolute Gasteiger partial charge is 0.408 e. The lowest BCUT2D eigenvalue weighted by Gasteiger charge is -2.33. The number of ether oxygens (including phenoxy) is 1. The SMILES string of the molecule is CCCCCCCN(C(=O)CNC(=O)OC(C)(C)C)C(C(=O)NCc1ccccc1)c1c(C)cccc1C. The maximum atomic E-state index is 13.8. The molecule has 0 bridgehead atoms. The molecule has 2 rings (SSSR count). The van der Waals surface area contributed by atoms with Crippen LogP contribution in [0.2, 0.25) is 0 Å². The van der Waals surface area contributed by atoms with E-state index in [4.69, 9.17) is 4.74 Å². The van der Waals surface area contributed by atoms with Gasteiger partial charge < -0.3 is 20.3 Å². The second-order valence-electron chi connectivity index (χ2n) is 10.8. The molecule has 2 aromatic carbocycles. The van der Waals surface area contributed by atoms with Crippen molar-refractivity contribution in [1.82, 2.24) is 15.5 Å². The average molecular weight is 524 g/mol. The molecule has 0 spiro atoms. The van der Waals surface area contributed by atoms with E-state index in [0.29, 0.717) is 13.1 Å². The maximum Gasteiger partial charge on any atom is 0.408 e. The topological polar surface area (TPSA) is 87.7 Å². The number of unbranched alkanes of at least 4 members (excludes halogenated alkanes) is 4. The van der Waals surface area contributed by atoms with E-state index in [1.54, 1.807) is 25.7 Å². The molecule has 3 amide bonds. The van der Waals surface area contributed by atoms with Crippen molar-refractivity contribution in [3.8, 4) is 0 Å². The van der Waals surface area contributed by atoms with E-state index in [0.717, 1.165) is 54.4 Å². The summed E-state index contributed by atoms with van der Waals surface area (Å²) in [5.41, 5.74) is 2.99. The molecule has 0 aromatic heterocycles. The van der Waals surface area contributed by atoms with Gasteiger partial charge in [-0.1, -0.05) is 81.1 Å². The van der Waals surface area contributed by atoms with Gasteiger partial charge in [-0.2, -0.15) is 0 Å². The monoisotopic (exact) mass is 523 g/mol. The average Bonchev–Trinajstić information content (AvgIpc) is 2.86. The highest BCUT2D eigenvalue weighted by atomic mass is 16.6. The van der Waals surface area contributed by atoms with Gasteiger partial charge in [-0.25, -0.2) is 4.79 Å². The van der Waals surface area contributed by atoms with Crippen LogP contribution in [0, 0.1) is 13.8 Å². The van der Waals surface area contributed by atoms with E-state index < -0.39 is 17.7 Å². The molecule has 0 fully saturated rings. The second kappa shape index (κ2) is 15.2. The molecule has 2 aromatic rings. The van der Waals surface area contributed by atoms with Crippen molar-refractivity contribution >= 4 is 17.9 Å². The van der Waals surface area contributed by atoms with Crippen molar-refractivity contribution in [1.29, 1.82) is 0 Å². The number of amides is 3. The minimum atomic E-state index is -0.820. The van der Waals surface area contributed by atoms with Gasteiger partial charge in [-0.15, -0.1) is 0 Å². The van der Waals surface area contributed by atoms with Crippen LogP contribution >= 0.6 is 0 Å². The Morgan fingerprint density at radius 1 is 0.868 bits per heavy atom. The fourth-order valence-electron chi connectivity index (χ4n) is 4.42. The number of carbonyl (C=O) groups is 3. The highest BCUT2D eigenvalue weighted by Gasteiger charge is 2.33. The van der Waals surface area contributed by atoms with Crippen LogP contribution in [0.1, 0.15) is 88.1 Å². The minimum Gasteiger partial charge on any atom is -0.444 e. The Morgan fingerprint density at radius 2 is 1.50 bits per heavy atom. The zero-order valence-corrected chi connectivity index (χ0v) is 23.9. The molecule has 0 saturated carbocycles. The van der Waals surface area contributed by atoms with Crippen LogP contribution in [-0.2, 0) is 20.9 Å². The summed E-state index contributed by atoms with van der Waals surface area (Å²) >= 11 is 0. The molecular formula is C31H45N3O4. The van der Waals surface area contributed by atoms with Gasteiger partial charge in [0.1, 0.15) is 18.2 Å². The third kappa shape index (κ3) is 10.2. The highest BCUT2D eigenvalue weighted by molar-refractivity contribution is 5.91. The van der Waals surface area contributed by atoms with Gasteiger partial charge in [0.15, 0.2) is 0 Å². The van der Waals surface area contributed by atoms with Crippen LogP contribution in [0.5, 0.6) is 0 Å². The van der Waals surface area contributed by atoms with Gasteiger partial charge >= 0.3 is 6.09 Å². The molecule has 208 valence electrons. The number of hydrogen-bond donors (Lipinski definition) is 2. The first-order valence-corrected chi connectivity index (χ1v) is 13.7. The van der Waals surface area contributed by atoms with Crippen LogP contribution in [0.15, 0.2) is 48.5 Å². The van der Waals surface area contributed by atoms with E-state index in [2.05, 4.69) is 17.6 Å². The third-order valence-corrected chi connectivity index (χ3v) is 6.29. The number of rotatable bonds is 13. The largest absolute Gasteiger partial charge is 0.444 e. The number of carbonyl (C=O) groups excluding carboxylic acids is 3. The molecule has 0 saturated heterocycles. The van der Waals surface area contributed by atoms with Gasteiger partial charge in [-0.3, -0.25) is 9.59 Å². The first kappa shape index (κ1) is 30.9. The van der Waals surface area contributed by atoms with E-state index in [1.807, 2.05) is 62.4 Å². The fourth-order valence-corrected chi connectivity index (χ4v) is 4.42. The molecule has 0 aliphatic carbocycles. The summed E-state index contributed by atoms with van der Waals surface area (Å²) in [7, 11) is 0. The molecule has 0 radical (unpaired) electrons. The predicted octanol–water partition coefficient (Wildman–Crippen LogP) is 5.98. The van der Waals surface area contributed by atoms with E-state index in [1.165, 1.54) is 0 Å². The van der Waals surface area contributed by atoms with Crippen LogP contribution in [-0.4, -0.2) is 41.5 Å². The zero-order chi connectivity index (χ0) is 28.1. The number of nitrogens with zero attached hydrogens (tertiary/aromatic N) is 1. The van der Waals surface area contributed by atoms with Crippen molar-refractivity contribution in [2.45, 2.75) is 91.8 Å². The van der Waals surface area contributed by atoms with E-state index in [-0.39, 0.29) is 18.4 Å². The predicted molar refractivity (Wildman–Crippen MR) is 152 cm³/mol. The Balaban J connectivity index is 2.35. The van der Waals surface area contributed by atoms with E-state index in [9.17, 15) is 14.4 Å². The first-order chi connectivity index (χ1) is 18.0. The summed E-state index contributed by atoms with van der Waals surface area (Å²) in [6.07, 6.45) is 4.39. The summed E-state index contributed by atoms with van der Waals surface area (Å²) in [6.45, 7) is 11.9. The Morgan fingerprint density at radius 3 is 2.11 bits per heavy atom. The molecule has 0 heterocycles. The summed E-state index contributed by atoms with van der Waals surface area (Å²) in [5.74, 6) is -0.570. The zero-order valence-electron chi connectivity index (χ0n) is 23.9. The molecule has 7 nitrogen and oxygen atoms in total. The Labute approximate surface area is 228 Å². The lowest BCUT2D eigenvalue weighted by atomic mass is 9.93. The Kier molecular flexibility index (Phi) is 12.3. The fraction of sp³-hybridized carbons (Fsp3) is 0.516. The van der Waals surface area contributed by atoms with Gasteiger partial charge in [0, 0.05) is 13.1 Å². The van der Waals surface area contributed by atoms with Crippen LogP contribution in [0.4, 0.5) is 4.79 Å². The Bertz CT molecular complexity index is 1030. The minimum absolute atomic E-state index is 0.245. The molecule has 0 aliphatic rings. The molecule has 38 heavy (non-hydrogen) atoms. The lowest BCUT2D eigenvalue weighted by Crippen LogP contribution is -2.48. The van der Waals surface area contributed by atoms with Crippen molar-refractivity contribution in [2.75, 3.05) is 13.1 Å². The number of aryl methyl sites for hydroxylation is 2. The number of alkyl carbamates (subject to hydrolysis) is 1. The number of benzene rings is 2. The van der Waals surface area contributed by atoms with E-state index >= 15 is 0 Å². The van der Waals surface area contributed by atoms with Gasteiger partial charge in [0.05, 0.1) is 0 Å². The van der Waals surface area contributed by atoms with Gasteiger partial charge in [-0.05, 0) is 63.3 Å². The molecule has 1 unspecified atom stereocenters. The Hall–Kier alpha value is -3.35. The quantitative estimate of drug-likeness (QED) is 0.316. The summed E-state index contributed by atoms with van der Waals surface area (Å²) in [6, 6.07) is 14.8. The van der Waals surface area contributed by atoms with Gasteiger partial charge in [0.25, 0.3) is 0 Å². The lowest BCUT2D eigenvalue weighted by molar-refractivity contribution is -0.140. The molecule has 1 atom stereocenters. The summed E-state index contributed by atoms with van der Waals surface area (Å²) in [5, 5.41) is 5.63. The summed E-state index contributed by atoms with van der Waals surface area (Å²) < 4.78 is 5.31. The summed E-state index contributed by atoms with van der Waals surface area (Å²) in [4.78, 5) is 41.3. The highest BCUT2D eigenvalue weighted by Crippen LogP contribution is 2.28. The third-order valence-electron chi connectivity index (χ3n) is 6.29. The number of hydrogen-bond acceptors (Lipinski definition) is 4. The number of nitrogens with one attached hydrogen (secondary N) is 2. The van der Waals surface area contributed by atoms with Gasteiger partial charge in [0.2, 0.25) is 11.8 Å². The first-order valence-electron chi connectivity index (χ1n) is 13.7. The normalized spacial score (nSPS) is 11.9. The second-order valence-corrected chi connectivity index (χ2v) is 10.8. The standard InChI is InChI=1S/C31H45N3O4/c1-7-8-9-10-14-20-34(26(35)22-33-30(37)38-31(4,5)6)28(27-23(2)16-15-17-24(27)3)29(36)32-21-25-18-12-11-13-19-25/h11-13,15-19,28H,7-10,14,20-22H2,1-6H3,(H,32,36)(H,33,37). The van der Waals surface area contributed by atoms with Crippen molar-refractivity contribution in [3.05, 3.63) is 70.8 Å². The van der Waals surface area contributed by atoms with Crippen molar-refractivity contribution in [2.24, 2.45) is 0 Å². The molecule has 0 aliphatic heterocycles.